The van der Waals surface area contributed by atoms with Crippen molar-refractivity contribution in [2.45, 2.75) is 38.9 Å². The summed E-state index contributed by atoms with van der Waals surface area (Å²) in [6.07, 6.45) is 0. The molecule has 0 radical (unpaired) electrons. The van der Waals surface area contributed by atoms with Crippen molar-refractivity contribution in [2.24, 2.45) is 0 Å². The fourth-order valence-corrected chi connectivity index (χ4v) is 2.77. The fraction of sp³-hybridized carbons (Fsp3) is 0.300. The Morgan fingerprint density at radius 1 is 0.818 bits per heavy atom. The second kappa shape index (κ2) is 6.42. The second-order valence-electron chi connectivity index (χ2n) is 7.01. The Bertz CT molecular complexity index is 685. The average molecular weight is 308 g/mol. The Hall–Kier alpha value is -1.98. The van der Waals surface area contributed by atoms with Crippen LogP contribution in [0.25, 0.3) is 0 Å². The molecule has 0 amide bonds. The molecule has 0 spiro atoms. The molecule has 0 aliphatic heterocycles. The summed E-state index contributed by atoms with van der Waals surface area (Å²) in [6.45, 7) is 11.3. The Balaban J connectivity index is 2.20. The summed E-state index contributed by atoms with van der Waals surface area (Å²) in [4.78, 5) is 0. The highest BCUT2D eigenvalue weighted by Crippen LogP contribution is 2.37. The summed E-state index contributed by atoms with van der Waals surface area (Å²) >= 11 is 0. The van der Waals surface area contributed by atoms with E-state index in [1.165, 1.54) is 0 Å². The largest absolute Gasteiger partial charge is 0.543 e. The van der Waals surface area contributed by atoms with Crippen molar-refractivity contribution < 1.29 is 4.43 Å². The molecule has 22 heavy (non-hydrogen) atoms. The summed E-state index contributed by atoms with van der Waals surface area (Å²) in [5.74, 6) is 7.32. The normalized spacial score (nSPS) is 11.5. The van der Waals surface area contributed by atoms with Crippen LogP contribution < -0.4 is 4.43 Å². The molecule has 0 aromatic heterocycles. The van der Waals surface area contributed by atoms with Gasteiger partial charge in [0, 0.05) is 11.1 Å². The molecule has 2 heteroatoms. The first-order valence-corrected chi connectivity index (χ1v) is 10.5. The van der Waals surface area contributed by atoms with Gasteiger partial charge in [0.15, 0.2) is 0 Å². The lowest BCUT2D eigenvalue weighted by Gasteiger charge is -2.36. The van der Waals surface area contributed by atoms with E-state index in [0.717, 1.165) is 16.9 Å². The van der Waals surface area contributed by atoms with Gasteiger partial charge >= 0.3 is 0 Å². The average Bonchev–Trinajstić information content (AvgIpc) is 2.45. The smallest absolute Gasteiger partial charge is 0.250 e. The van der Waals surface area contributed by atoms with Gasteiger partial charge in [-0.3, -0.25) is 0 Å². The standard InChI is InChI=1S/C20H24OSi/c1-20(2,3)22(4,5)21-19-13-9-12-18(16-19)15-14-17-10-7-6-8-11-17/h6-13,16H,1-5H3. The topological polar surface area (TPSA) is 9.23 Å². The van der Waals surface area contributed by atoms with Gasteiger partial charge in [-0.2, -0.15) is 0 Å². The molecule has 0 heterocycles. The Morgan fingerprint density at radius 2 is 1.41 bits per heavy atom. The van der Waals surface area contributed by atoms with E-state index in [-0.39, 0.29) is 5.04 Å². The molecule has 0 aliphatic carbocycles. The number of benzene rings is 2. The maximum atomic E-state index is 6.33. The zero-order valence-electron chi connectivity index (χ0n) is 14.1. The minimum absolute atomic E-state index is 0.193. The highest BCUT2D eigenvalue weighted by molar-refractivity contribution is 6.74. The van der Waals surface area contributed by atoms with Crippen LogP contribution in [0.4, 0.5) is 0 Å². The molecular formula is C20H24OSi. The van der Waals surface area contributed by atoms with Gasteiger partial charge in [-0.25, -0.2) is 0 Å². The molecule has 0 aliphatic rings. The van der Waals surface area contributed by atoms with E-state index in [9.17, 15) is 0 Å². The zero-order chi connectivity index (χ0) is 16.2. The first-order chi connectivity index (χ1) is 10.3. The van der Waals surface area contributed by atoms with Gasteiger partial charge in [0.25, 0.3) is 0 Å². The Kier molecular flexibility index (Phi) is 4.78. The number of rotatable bonds is 2. The molecule has 0 N–H and O–H groups in total. The van der Waals surface area contributed by atoms with Gasteiger partial charge < -0.3 is 4.43 Å². The quantitative estimate of drug-likeness (QED) is 0.528. The van der Waals surface area contributed by atoms with E-state index in [1.54, 1.807) is 0 Å². The molecule has 2 rings (SSSR count). The van der Waals surface area contributed by atoms with Gasteiger partial charge in [0.1, 0.15) is 5.75 Å². The van der Waals surface area contributed by atoms with Crippen LogP contribution in [0.1, 0.15) is 31.9 Å². The molecule has 1 nitrogen and oxygen atoms in total. The first-order valence-electron chi connectivity index (χ1n) is 7.64. The summed E-state index contributed by atoms with van der Waals surface area (Å²) in [5.41, 5.74) is 2.01. The molecule has 2 aromatic carbocycles. The molecule has 0 saturated carbocycles. The van der Waals surface area contributed by atoms with Crippen LogP contribution in [0.3, 0.4) is 0 Å². The highest BCUT2D eigenvalue weighted by Gasteiger charge is 2.38. The van der Waals surface area contributed by atoms with Crippen molar-refractivity contribution in [3.8, 4) is 17.6 Å². The van der Waals surface area contributed by atoms with Crippen LogP contribution in [0.5, 0.6) is 5.75 Å². The SMILES string of the molecule is CC(C)(C)[Si](C)(C)Oc1cccc(C#Cc2ccccc2)c1. The molecule has 0 unspecified atom stereocenters. The lowest BCUT2D eigenvalue weighted by molar-refractivity contribution is 0.492. The van der Waals surface area contributed by atoms with Crippen LogP contribution in [-0.2, 0) is 0 Å². The third-order valence-corrected chi connectivity index (χ3v) is 8.50. The summed E-state index contributed by atoms with van der Waals surface area (Å²) in [5, 5.41) is 0.193. The maximum absolute atomic E-state index is 6.33. The number of hydrogen-bond donors (Lipinski definition) is 0. The summed E-state index contributed by atoms with van der Waals surface area (Å²) in [7, 11) is -1.80. The van der Waals surface area contributed by atoms with Gasteiger partial charge in [-0.05, 0) is 48.5 Å². The Morgan fingerprint density at radius 3 is 2.05 bits per heavy atom. The van der Waals surface area contributed by atoms with Crippen molar-refractivity contribution in [3.63, 3.8) is 0 Å². The van der Waals surface area contributed by atoms with E-state index in [0.29, 0.717) is 0 Å². The van der Waals surface area contributed by atoms with Gasteiger partial charge in [0.05, 0.1) is 0 Å². The molecular weight excluding hydrogens is 284 g/mol. The molecule has 0 fully saturated rings. The van der Waals surface area contributed by atoms with Crippen LogP contribution in [-0.4, -0.2) is 8.32 Å². The molecule has 0 atom stereocenters. The van der Waals surface area contributed by atoms with Gasteiger partial charge in [-0.1, -0.05) is 56.9 Å². The fourth-order valence-electron chi connectivity index (χ4n) is 1.75. The van der Waals surface area contributed by atoms with Crippen molar-refractivity contribution >= 4 is 8.32 Å². The van der Waals surface area contributed by atoms with E-state index in [2.05, 4.69) is 45.7 Å². The van der Waals surface area contributed by atoms with Crippen molar-refractivity contribution in [1.29, 1.82) is 0 Å². The lowest BCUT2D eigenvalue weighted by Crippen LogP contribution is -2.43. The minimum atomic E-state index is -1.80. The second-order valence-corrected chi connectivity index (χ2v) is 11.7. The van der Waals surface area contributed by atoms with E-state index < -0.39 is 8.32 Å². The molecule has 0 bridgehead atoms. The summed E-state index contributed by atoms with van der Waals surface area (Å²) in [6, 6.07) is 18.1. The lowest BCUT2D eigenvalue weighted by atomic mass is 10.2. The first kappa shape index (κ1) is 16.4. The van der Waals surface area contributed by atoms with Gasteiger partial charge in [0.2, 0.25) is 8.32 Å². The van der Waals surface area contributed by atoms with Crippen LogP contribution in [0.2, 0.25) is 18.1 Å². The zero-order valence-corrected chi connectivity index (χ0v) is 15.1. The minimum Gasteiger partial charge on any atom is -0.543 e. The van der Waals surface area contributed by atoms with Crippen molar-refractivity contribution in [3.05, 3.63) is 65.7 Å². The van der Waals surface area contributed by atoms with Crippen LogP contribution >= 0.6 is 0 Å². The molecule has 2 aromatic rings. The third kappa shape index (κ3) is 4.25. The van der Waals surface area contributed by atoms with Crippen molar-refractivity contribution in [1.82, 2.24) is 0 Å². The molecule has 0 saturated heterocycles. The maximum Gasteiger partial charge on any atom is 0.250 e. The molecule has 114 valence electrons. The summed E-state index contributed by atoms with van der Waals surface area (Å²) < 4.78 is 6.33. The predicted molar refractivity (Wildman–Crippen MR) is 96.7 cm³/mol. The van der Waals surface area contributed by atoms with Crippen LogP contribution in [0.15, 0.2) is 54.6 Å². The van der Waals surface area contributed by atoms with Crippen LogP contribution in [0, 0.1) is 11.8 Å². The van der Waals surface area contributed by atoms with Crippen molar-refractivity contribution in [2.75, 3.05) is 0 Å². The highest BCUT2D eigenvalue weighted by atomic mass is 28.4. The van der Waals surface area contributed by atoms with E-state index >= 15 is 0 Å². The van der Waals surface area contributed by atoms with E-state index in [4.69, 9.17) is 4.43 Å². The van der Waals surface area contributed by atoms with E-state index in [1.807, 2.05) is 54.6 Å². The monoisotopic (exact) mass is 308 g/mol. The Labute approximate surface area is 135 Å². The predicted octanol–water partition coefficient (Wildman–Crippen LogP) is 5.47. The van der Waals surface area contributed by atoms with Gasteiger partial charge in [-0.15, -0.1) is 0 Å². The third-order valence-electron chi connectivity index (χ3n) is 4.14. The number of hydrogen-bond acceptors (Lipinski definition) is 1.